The molecule has 2 N–H and O–H groups in total. The Morgan fingerprint density at radius 2 is 2.26 bits per heavy atom. The third-order valence-electron chi connectivity index (χ3n) is 2.29. The second kappa shape index (κ2) is 6.59. The summed E-state index contributed by atoms with van der Waals surface area (Å²) in [5.41, 5.74) is 5.65. The van der Waals surface area contributed by atoms with Crippen molar-refractivity contribution in [1.82, 2.24) is 9.55 Å². The summed E-state index contributed by atoms with van der Waals surface area (Å²) in [5.74, 6) is -0.179. The summed E-state index contributed by atoms with van der Waals surface area (Å²) in [6, 6.07) is 6.89. The molecule has 2 aromatic heterocycles. The summed E-state index contributed by atoms with van der Waals surface area (Å²) >= 11 is 0. The molecule has 0 aliphatic carbocycles. The number of methoxy groups -OCH3 is 1. The number of carbonyl (C=O) groups excluding carboxylic acids is 1. The molecule has 0 bridgehead atoms. The molecule has 0 aromatic carbocycles. The number of anilines is 1. The monoisotopic (exact) mass is 333 g/mol. The fraction of sp³-hybridized carbons (Fsp3) is 0.0833. The van der Waals surface area contributed by atoms with Crippen LogP contribution in [0.3, 0.4) is 0 Å². The molecular weight excluding hydrogens is 323 g/mol. The van der Waals surface area contributed by atoms with E-state index in [2.05, 4.69) is 15.8 Å². The van der Waals surface area contributed by atoms with E-state index in [0.29, 0.717) is 11.5 Å². The minimum atomic E-state index is -0.559. The number of nitrogens with two attached hydrogens (primary N) is 1. The third-order valence-corrected chi connectivity index (χ3v) is 2.29. The predicted molar refractivity (Wildman–Crippen MR) is 64.4 cm³/mol. The average Bonchev–Trinajstić information content (AvgIpc) is 2.39. The van der Waals surface area contributed by atoms with E-state index in [1.165, 1.54) is 42.3 Å². The number of hydrogen-bond acceptors (Lipinski definition) is 5. The van der Waals surface area contributed by atoms with E-state index in [1.807, 2.05) is 0 Å². The van der Waals surface area contributed by atoms with Crippen LogP contribution in [-0.2, 0) is 37.4 Å². The molecule has 0 amide bonds. The van der Waals surface area contributed by atoms with Crippen LogP contribution in [0.25, 0.3) is 5.82 Å². The van der Waals surface area contributed by atoms with Crippen molar-refractivity contribution in [2.75, 3.05) is 12.8 Å². The van der Waals surface area contributed by atoms with Gasteiger partial charge in [-0.1, -0.05) is 11.9 Å². The van der Waals surface area contributed by atoms with E-state index >= 15 is 0 Å². The number of rotatable bonds is 2. The van der Waals surface area contributed by atoms with Gasteiger partial charge in [-0.3, -0.25) is 4.79 Å². The number of esters is 1. The van der Waals surface area contributed by atoms with Crippen molar-refractivity contribution in [2.24, 2.45) is 0 Å². The molecule has 0 saturated carbocycles. The quantitative estimate of drug-likeness (QED) is 0.635. The Labute approximate surface area is 134 Å². The summed E-state index contributed by atoms with van der Waals surface area (Å²) < 4.78 is 5.81. The first-order chi connectivity index (χ1) is 8.61. The first kappa shape index (κ1) is 15.5. The topological polar surface area (TPSA) is 87.2 Å². The van der Waals surface area contributed by atoms with Crippen LogP contribution >= 0.6 is 0 Å². The number of hydrogen-bond donors (Lipinski definition) is 1. The smallest absolute Gasteiger partial charge is 0.338 e. The molecule has 7 heteroatoms. The number of nitrogen functional groups attached to an aromatic ring is 1. The van der Waals surface area contributed by atoms with Gasteiger partial charge >= 0.3 is 5.97 Å². The van der Waals surface area contributed by atoms with Gasteiger partial charge in [0.2, 0.25) is 5.56 Å². The molecule has 2 heterocycles. The largest absolute Gasteiger partial charge is 0.465 e. The van der Waals surface area contributed by atoms with Crippen LogP contribution in [0.5, 0.6) is 0 Å². The van der Waals surface area contributed by atoms with Crippen molar-refractivity contribution in [3.63, 3.8) is 0 Å². The molecule has 95 valence electrons. The molecule has 0 saturated heterocycles. The van der Waals surface area contributed by atoms with Gasteiger partial charge in [-0.15, -0.1) is 6.07 Å². The van der Waals surface area contributed by atoms with Crippen LogP contribution in [0.2, 0.25) is 0 Å². The molecule has 0 spiro atoms. The standard InChI is InChI=1S/C12H10N3O3.Y/c1-18-12(17)8-4-5-15(11(16)6-8)10-3-2-9(13)7-14-10;/h3-7H,13H2,1H3;/q-1;. The summed E-state index contributed by atoms with van der Waals surface area (Å²) in [6.45, 7) is 0. The van der Waals surface area contributed by atoms with Crippen molar-refractivity contribution in [3.8, 4) is 5.82 Å². The maximum atomic E-state index is 11.8. The SMILES string of the molecule is COC(=O)c1ccn(-c2c[c-]c(N)cn2)c(=O)c1.[Y]. The first-order valence-corrected chi connectivity index (χ1v) is 5.06. The third kappa shape index (κ3) is 3.48. The Bertz CT molecular complexity index is 637. The molecule has 0 unspecified atom stereocenters. The second-order valence-corrected chi connectivity index (χ2v) is 3.48. The normalized spacial score (nSPS) is 9.53. The number of nitrogens with zero attached hydrogens (tertiary/aromatic N) is 2. The first-order valence-electron chi connectivity index (χ1n) is 5.06. The van der Waals surface area contributed by atoms with Crippen LogP contribution in [0, 0.1) is 6.07 Å². The van der Waals surface area contributed by atoms with Crippen LogP contribution in [0.1, 0.15) is 10.4 Å². The van der Waals surface area contributed by atoms with Crippen molar-refractivity contribution >= 4 is 11.7 Å². The van der Waals surface area contributed by atoms with Crippen molar-refractivity contribution in [2.45, 2.75) is 0 Å². The van der Waals surface area contributed by atoms with Gasteiger partial charge in [0.15, 0.2) is 0 Å². The van der Waals surface area contributed by atoms with Gasteiger partial charge in [-0.25, -0.2) is 4.79 Å². The van der Waals surface area contributed by atoms with Crippen LogP contribution in [0.4, 0.5) is 5.69 Å². The zero-order valence-corrected chi connectivity index (χ0v) is 13.0. The minimum Gasteiger partial charge on any atom is -0.465 e. The van der Waals surface area contributed by atoms with Crippen LogP contribution < -0.4 is 11.3 Å². The van der Waals surface area contributed by atoms with E-state index in [0.717, 1.165) is 0 Å². The number of ether oxygens (including phenoxy) is 1. The predicted octanol–water partition coefficient (Wildman–Crippen LogP) is 0.399. The molecular formula is C12H10N3O3Y-. The molecule has 0 aliphatic rings. The molecule has 1 radical (unpaired) electrons. The summed E-state index contributed by atoms with van der Waals surface area (Å²) in [5, 5.41) is 0. The van der Waals surface area contributed by atoms with Gasteiger partial charge in [0, 0.05) is 50.8 Å². The van der Waals surface area contributed by atoms with Gasteiger partial charge in [0.05, 0.1) is 12.7 Å². The van der Waals surface area contributed by atoms with Gasteiger partial charge in [0.1, 0.15) is 0 Å². The molecule has 0 fully saturated rings. The number of carbonyl (C=O) groups is 1. The zero-order valence-electron chi connectivity index (χ0n) is 10.2. The molecule has 2 rings (SSSR count). The van der Waals surface area contributed by atoms with E-state index in [9.17, 15) is 9.59 Å². The number of pyridine rings is 2. The minimum absolute atomic E-state index is 0. The number of aromatic nitrogens is 2. The summed E-state index contributed by atoms with van der Waals surface area (Å²) in [7, 11) is 1.25. The van der Waals surface area contributed by atoms with E-state index in [1.54, 1.807) is 0 Å². The van der Waals surface area contributed by atoms with E-state index in [4.69, 9.17) is 5.73 Å². The molecule has 19 heavy (non-hydrogen) atoms. The van der Waals surface area contributed by atoms with Crippen molar-refractivity contribution in [1.29, 1.82) is 0 Å². The zero-order chi connectivity index (χ0) is 13.1. The Hall–Kier alpha value is -1.53. The Kier molecular flexibility index (Phi) is 5.38. The van der Waals surface area contributed by atoms with Gasteiger partial charge in [-0.2, -0.15) is 6.07 Å². The van der Waals surface area contributed by atoms with Gasteiger partial charge < -0.3 is 20.0 Å². The maximum Gasteiger partial charge on any atom is 0.338 e. The summed E-state index contributed by atoms with van der Waals surface area (Å²) in [6.07, 6.45) is 2.84. The Balaban J connectivity index is 0.00000180. The fourth-order valence-electron chi connectivity index (χ4n) is 1.40. The maximum absolute atomic E-state index is 11.8. The molecule has 0 aliphatic heterocycles. The fourth-order valence-corrected chi connectivity index (χ4v) is 1.40. The van der Waals surface area contributed by atoms with Crippen molar-refractivity contribution < 1.29 is 42.2 Å². The Morgan fingerprint density at radius 1 is 1.53 bits per heavy atom. The molecule has 6 nitrogen and oxygen atoms in total. The summed E-state index contributed by atoms with van der Waals surface area (Å²) in [4.78, 5) is 27.1. The van der Waals surface area contributed by atoms with Gasteiger partial charge in [0.25, 0.3) is 0 Å². The molecule has 2 aromatic rings. The van der Waals surface area contributed by atoms with Crippen LogP contribution in [-0.4, -0.2) is 22.6 Å². The van der Waals surface area contributed by atoms with Gasteiger partial charge in [-0.05, 0) is 6.07 Å². The van der Waals surface area contributed by atoms with Crippen LogP contribution in [0.15, 0.2) is 35.4 Å². The van der Waals surface area contributed by atoms with E-state index in [-0.39, 0.29) is 43.8 Å². The second-order valence-electron chi connectivity index (χ2n) is 3.48. The molecule has 0 atom stereocenters. The average molecular weight is 333 g/mol. The Morgan fingerprint density at radius 3 is 2.79 bits per heavy atom. The van der Waals surface area contributed by atoms with Crippen molar-refractivity contribution in [3.05, 3.63) is 52.6 Å². The van der Waals surface area contributed by atoms with E-state index < -0.39 is 5.97 Å².